The lowest BCUT2D eigenvalue weighted by atomic mass is 9.88. The van der Waals surface area contributed by atoms with Gasteiger partial charge in [0.2, 0.25) is 11.8 Å². The molecule has 1 saturated heterocycles. The number of hydrogen-bond donors (Lipinski definition) is 1. The fraction of sp³-hybridized carbons (Fsp3) is 0.350. The van der Waals surface area contributed by atoms with Gasteiger partial charge in [-0.25, -0.2) is 0 Å². The van der Waals surface area contributed by atoms with Gasteiger partial charge in [0.25, 0.3) is 0 Å². The summed E-state index contributed by atoms with van der Waals surface area (Å²) in [5.41, 5.74) is 2.52. The van der Waals surface area contributed by atoms with E-state index in [1.807, 2.05) is 36.2 Å². The van der Waals surface area contributed by atoms with Crippen molar-refractivity contribution in [1.29, 1.82) is 0 Å². The van der Waals surface area contributed by atoms with Crippen LogP contribution in [0.1, 0.15) is 24.3 Å². The highest BCUT2D eigenvalue weighted by Gasteiger charge is 2.41. The molecule has 7 heteroatoms. The van der Waals surface area contributed by atoms with E-state index in [4.69, 9.17) is 0 Å². The van der Waals surface area contributed by atoms with Crippen LogP contribution in [-0.4, -0.2) is 45.4 Å². The quantitative estimate of drug-likeness (QED) is 0.806. The summed E-state index contributed by atoms with van der Waals surface area (Å²) in [6, 6.07) is 1.86. The van der Waals surface area contributed by atoms with Crippen molar-refractivity contribution in [3.8, 4) is 0 Å². The summed E-state index contributed by atoms with van der Waals surface area (Å²) >= 11 is 1.48. The van der Waals surface area contributed by atoms with Gasteiger partial charge in [-0.15, -0.1) is 11.3 Å². The molecule has 1 atom stereocenters. The highest BCUT2D eigenvalue weighted by Crippen LogP contribution is 2.30. The number of nitrogens with zero attached hydrogens (tertiary/aromatic N) is 3. The second-order valence-corrected chi connectivity index (χ2v) is 8.37. The molecule has 0 bridgehead atoms. The normalized spacial score (nSPS) is 19.2. The molecule has 1 N–H and O–H groups in total. The van der Waals surface area contributed by atoms with Crippen LogP contribution < -0.4 is 5.32 Å². The molecule has 1 aliphatic rings. The fourth-order valence-corrected chi connectivity index (χ4v) is 3.64. The van der Waals surface area contributed by atoms with Crippen molar-refractivity contribution in [2.45, 2.75) is 19.9 Å². The van der Waals surface area contributed by atoms with E-state index in [1.54, 1.807) is 28.8 Å². The van der Waals surface area contributed by atoms with E-state index in [2.05, 4.69) is 24.1 Å². The molecule has 1 fully saturated rings. The number of likely N-dealkylation sites (tertiary alicyclic amines) is 1. The molecule has 27 heavy (non-hydrogen) atoms. The summed E-state index contributed by atoms with van der Waals surface area (Å²) in [4.78, 5) is 31.5. The van der Waals surface area contributed by atoms with Crippen LogP contribution in [0.3, 0.4) is 0 Å². The van der Waals surface area contributed by atoms with E-state index >= 15 is 0 Å². The molecule has 1 unspecified atom stereocenters. The second kappa shape index (κ2) is 7.92. The summed E-state index contributed by atoms with van der Waals surface area (Å²) in [6.07, 6.45) is 12.3. The Balaban J connectivity index is 1.58. The molecule has 1 aliphatic heterocycles. The highest BCUT2D eigenvalue weighted by molar-refractivity contribution is 7.10. The molecular weight excluding hydrogens is 360 g/mol. The number of nitrogens with one attached hydrogen (secondary N) is 1. The number of aromatic nitrogens is 2. The molecule has 0 spiro atoms. The molecule has 2 amide bonds. The minimum absolute atomic E-state index is 0.0381. The van der Waals surface area contributed by atoms with E-state index in [-0.39, 0.29) is 23.3 Å². The van der Waals surface area contributed by atoms with Crippen molar-refractivity contribution in [3.05, 3.63) is 52.8 Å². The first-order valence-corrected chi connectivity index (χ1v) is 9.67. The van der Waals surface area contributed by atoms with Crippen LogP contribution in [0.25, 0.3) is 12.2 Å². The van der Waals surface area contributed by atoms with Gasteiger partial charge in [-0.1, -0.05) is 13.8 Å². The topological polar surface area (TPSA) is 67.2 Å². The van der Waals surface area contributed by atoms with Crippen molar-refractivity contribution in [3.63, 3.8) is 0 Å². The second-order valence-electron chi connectivity index (χ2n) is 7.45. The number of amides is 2. The van der Waals surface area contributed by atoms with Crippen LogP contribution in [0.4, 0.5) is 0 Å². The fourth-order valence-electron chi connectivity index (χ4n) is 3.12. The summed E-state index contributed by atoms with van der Waals surface area (Å²) in [5.74, 6) is -0.195. The van der Waals surface area contributed by atoms with Crippen molar-refractivity contribution in [1.82, 2.24) is 19.8 Å². The maximum atomic E-state index is 12.5. The lowest BCUT2D eigenvalue weighted by Gasteiger charge is -2.25. The van der Waals surface area contributed by atoms with Gasteiger partial charge >= 0.3 is 0 Å². The Kier molecular flexibility index (Phi) is 5.60. The van der Waals surface area contributed by atoms with Gasteiger partial charge in [0.1, 0.15) is 0 Å². The minimum Gasteiger partial charge on any atom is -0.357 e. The maximum Gasteiger partial charge on any atom is 0.246 e. The van der Waals surface area contributed by atoms with E-state index < -0.39 is 0 Å². The minimum atomic E-state index is -0.190. The molecule has 0 saturated carbocycles. The van der Waals surface area contributed by atoms with Crippen LogP contribution in [0.15, 0.2) is 42.3 Å². The zero-order valence-corrected chi connectivity index (χ0v) is 16.6. The number of aryl methyl sites for hydroxylation is 1. The molecular formula is C20H24N4O2S. The Morgan fingerprint density at radius 1 is 1.33 bits per heavy atom. The van der Waals surface area contributed by atoms with E-state index in [1.165, 1.54) is 17.4 Å². The van der Waals surface area contributed by atoms with Crippen molar-refractivity contribution in [2.24, 2.45) is 12.5 Å². The van der Waals surface area contributed by atoms with Gasteiger partial charge in [-0.05, 0) is 23.8 Å². The smallest absolute Gasteiger partial charge is 0.246 e. The van der Waals surface area contributed by atoms with Gasteiger partial charge in [0, 0.05) is 61.2 Å². The third-order valence-corrected chi connectivity index (χ3v) is 5.44. The molecule has 3 rings (SSSR count). The Labute approximate surface area is 163 Å². The summed E-state index contributed by atoms with van der Waals surface area (Å²) in [5, 5.41) is 3.03. The lowest BCUT2D eigenvalue weighted by Crippen LogP contribution is -2.43. The van der Waals surface area contributed by atoms with Gasteiger partial charge < -0.3 is 14.8 Å². The summed E-state index contributed by atoms with van der Waals surface area (Å²) in [6.45, 7) is 5.25. The summed E-state index contributed by atoms with van der Waals surface area (Å²) in [7, 11) is 1.94. The van der Waals surface area contributed by atoms with E-state index in [9.17, 15) is 9.59 Å². The molecule has 0 radical (unpaired) electrons. The standard InChI is InChI=1S/C20H24N4O2S/c1-20(2)13-24(19(26)7-4-15-8-9-23(3)11-15)12-17(20)22-18(25)6-5-16-10-21-14-27-16/h4-11,14,17H,12-13H2,1-3H3,(H,22,25)/b6-5+,7-4+. The Hall–Kier alpha value is -2.67. The highest BCUT2D eigenvalue weighted by atomic mass is 32.1. The van der Waals surface area contributed by atoms with Crippen LogP contribution in [0.5, 0.6) is 0 Å². The molecule has 2 aromatic rings. The van der Waals surface area contributed by atoms with Crippen LogP contribution in [0.2, 0.25) is 0 Å². The molecule has 0 aromatic carbocycles. The number of thiazole rings is 1. The first-order valence-electron chi connectivity index (χ1n) is 8.79. The number of carbonyl (C=O) groups excluding carboxylic acids is 2. The van der Waals surface area contributed by atoms with Crippen LogP contribution in [0, 0.1) is 5.41 Å². The SMILES string of the molecule is Cn1ccc(/C=C/C(=O)N2CC(NC(=O)/C=C/c3cncs3)C(C)(C)C2)c1. The van der Waals surface area contributed by atoms with Crippen molar-refractivity contribution in [2.75, 3.05) is 13.1 Å². The number of carbonyl (C=O) groups is 2. The van der Waals surface area contributed by atoms with Gasteiger partial charge in [0.15, 0.2) is 0 Å². The molecule has 3 heterocycles. The van der Waals surface area contributed by atoms with Crippen LogP contribution in [-0.2, 0) is 16.6 Å². The molecule has 2 aromatic heterocycles. The van der Waals surface area contributed by atoms with Gasteiger partial charge in [0.05, 0.1) is 11.6 Å². The largest absolute Gasteiger partial charge is 0.357 e. The Morgan fingerprint density at radius 2 is 2.15 bits per heavy atom. The third-order valence-electron chi connectivity index (χ3n) is 4.70. The zero-order chi connectivity index (χ0) is 19.4. The predicted octanol–water partition coefficient (Wildman–Crippen LogP) is 2.56. The average Bonchev–Trinajstić information content (AvgIpc) is 3.33. The number of hydrogen-bond acceptors (Lipinski definition) is 4. The number of rotatable bonds is 5. The average molecular weight is 385 g/mol. The zero-order valence-electron chi connectivity index (χ0n) is 15.8. The maximum absolute atomic E-state index is 12.5. The molecule has 0 aliphatic carbocycles. The van der Waals surface area contributed by atoms with Crippen molar-refractivity contribution < 1.29 is 9.59 Å². The van der Waals surface area contributed by atoms with Crippen LogP contribution >= 0.6 is 11.3 Å². The van der Waals surface area contributed by atoms with E-state index in [0.717, 1.165) is 10.4 Å². The first kappa shape index (κ1) is 19.1. The summed E-state index contributed by atoms with van der Waals surface area (Å²) < 4.78 is 1.94. The molecule has 6 nitrogen and oxygen atoms in total. The lowest BCUT2D eigenvalue weighted by molar-refractivity contribution is -0.125. The van der Waals surface area contributed by atoms with Crippen molar-refractivity contribution >= 4 is 35.3 Å². The van der Waals surface area contributed by atoms with E-state index in [0.29, 0.717) is 13.1 Å². The Bertz CT molecular complexity index is 864. The third kappa shape index (κ3) is 4.95. The van der Waals surface area contributed by atoms with Gasteiger partial charge in [-0.3, -0.25) is 14.6 Å². The molecule has 142 valence electrons. The Morgan fingerprint density at radius 3 is 2.81 bits per heavy atom. The van der Waals surface area contributed by atoms with Gasteiger partial charge in [-0.2, -0.15) is 0 Å². The first-order chi connectivity index (χ1) is 12.8. The monoisotopic (exact) mass is 384 g/mol. The predicted molar refractivity (Wildman–Crippen MR) is 108 cm³/mol.